The van der Waals surface area contributed by atoms with Crippen molar-refractivity contribution in [2.45, 2.75) is 0 Å². The summed E-state index contributed by atoms with van der Waals surface area (Å²) < 4.78 is 3.06. The molecule has 0 radical (unpaired) electrons. The molecule has 0 aliphatic rings. The van der Waals surface area contributed by atoms with Crippen molar-refractivity contribution in [1.29, 1.82) is 0 Å². The van der Waals surface area contributed by atoms with Gasteiger partial charge in [-0.1, -0.05) is 11.6 Å². The fraction of sp³-hybridized carbons (Fsp3) is 0.0769. The van der Waals surface area contributed by atoms with E-state index in [1.165, 1.54) is 10.9 Å². The van der Waals surface area contributed by atoms with Crippen LogP contribution in [0.1, 0.15) is 10.4 Å². The number of hydrogen-bond acceptors (Lipinski definition) is 4. The number of carbonyl (C=O) groups excluding carboxylic acids is 1. The minimum atomic E-state index is -0.277. The summed E-state index contributed by atoms with van der Waals surface area (Å²) in [6, 6.07) is 5.12. The Morgan fingerprint density at radius 1 is 1.38 bits per heavy atom. The fourth-order valence-electron chi connectivity index (χ4n) is 1.78. The molecular weight excluding hydrogens is 292 g/mol. The lowest BCUT2D eigenvalue weighted by Gasteiger charge is -2.02. The smallest absolute Gasteiger partial charge is 0.260 e. The first kappa shape index (κ1) is 13.3. The Morgan fingerprint density at radius 2 is 2.24 bits per heavy atom. The fourth-order valence-corrected chi connectivity index (χ4v) is 1.99. The van der Waals surface area contributed by atoms with Crippen molar-refractivity contribution < 1.29 is 4.79 Å². The third-order valence-corrected chi connectivity index (χ3v) is 3.05. The van der Waals surface area contributed by atoms with Gasteiger partial charge in [0.05, 0.1) is 16.8 Å². The molecule has 0 bridgehead atoms. The van der Waals surface area contributed by atoms with Crippen molar-refractivity contribution in [3.8, 4) is 5.82 Å². The lowest BCUT2D eigenvalue weighted by atomic mass is 10.3. The molecule has 3 heterocycles. The van der Waals surface area contributed by atoms with Gasteiger partial charge in [-0.05, 0) is 12.1 Å². The summed E-state index contributed by atoms with van der Waals surface area (Å²) >= 11 is 6.05. The van der Waals surface area contributed by atoms with Gasteiger partial charge in [0.25, 0.3) is 5.91 Å². The van der Waals surface area contributed by atoms with E-state index in [9.17, 15) is 4.79 Å². The molecule has 0 aromatic carbocycles. The lowest BCUT2D eigenvalue weighted by Crippen LogP contribution is -2.12. The van der Waals surface area contributed by atoms with Crippen molar-refractivity contribution in [2.24, 2.45) is 7.05 Å². The molecule has 106 valence electrons. The van der Waals surface area contributed by atoms with Gasteiger partial charge < -0.3 is 5.32 Å². The Bertz CT molecular complexity index is 793. The number of halogens is 1. The van der Waals surface area contributed by atoms with Gasteiger partial charge in [-0.15, -0.1) is 5.10 Å². The third kappa shape index (κ3) is 2.77. The molecule has 0 atom stereocenters. The van der Waals surface area contributed by atoms with E-state index >= 15 is 0 Å². The van der Waals surface area contributed by atoms with Crippen molar-refractivity contribution >= 4 is 23.3 Å². The molecule has 3 rings (SSSR count). The largest absolute Gasteiger partial charge is 0.305 e. The second kappa shape index (κ2) is 5.37. The third-order valence-electron chi connectivity index (χ3n) is 2.75. The summed E-state index contributed by atoms with van der Waals surface area (Å²) in [5, 5.41) is 11.3. The van der Waals surface area contributed by atoms with E-state index in [2.05, 4.69) is 20.5 Å². The van der Waals surface area contributed by atoms with Crippen molar-refractivity contribution in [3.05, 3.63) is 53.6 Å². The van der Waals surface area contributed by atoms with Crippen molar-refractivity contribution in [1.82, 2.24) is 24.5 Å². The van der Waals surface area contributed by atoms with E-state index in [0.717, 1.165) is 0 Å². The predicted molar refractivity (Wildman–Crippen MR) is 77.5 cm³/mol. The molecule has 3 aromatic heterocycles. The Hall–Kier alpha value is -2.67. The number of amides is 1. The van der Waals surface area contributed by atoms with Crippen LogP contribution < -0.4 is 5.32 Å². The lowest BCUT2D eigenvalue weighted by molar-refractivity contribution is 0.102. The maximum absolute atomic E-state index is 12.0. The van der Waals surface area contributed by atoms with Crippen LogP contribution in [0, 0.1) is 0 Å². The number of hydrogen-bond donors (Lipinski definition) is 1. The zero-order valence-electron chi connectivity index (χ0n) is 11.1. The standard InChI is InChI=1S/C13H11ClN6O/c1-19-8-9(7-16-19)13(21)17-11-4-6-20(18-11)12-10(14)3-2-5-15-12/h2-8H,1H3,(H,17,18,21). The average Bonchev–Trinajstić information content (AvgIpc) is 3.08. The molecule has 1 N–H and O–H groups in total. The highest BCUT2D eigenvalue weighted by atomic mass is 35.5. The number of carbonyl (C=O) groups is 1. The van der Waals surface area contributed by atoms with Crippen molar-refractivity contribution in [2.75, 3.05) is 5.32 Å². The number of aromatic nitrogens is 5. The minimum absolute atomic E-state index is 0.277. The zero-order valence-corrected chi connectivity index (χ0v) is 11.8. The van der Waals surface area contributed by atoms with Gasteiger partial charge in [0.2, 0.25) is 0 Å². The summed E-state index contributed by atoms with van der Waals surface area (Å²) in [5.41, 5.74) is 0.461. The van der Waals surface area contributed by atoms with Gasteiger partial charge in [0.15, 0.2) is 11.6 Å². The number of rotatable bonds is 3. The second-order valence-electron chi connectivity index (χ2n) is 4.31. The number of anilines is 1. The quantitative estimate of drug-likeness (QED) is 0.801. The summed E-state index contributed by atoms with van der Waals surface area (Å²) in [4.78, 5) is 16.1. The van der Waals surface area contributed by atoms with Gasteiger partial charge in [-0.25, -0.2) is 9.67 Å². The summed E-state index contributed by atoms with van der Waals surface area (Å²) in [5.74, 6) is 0.632. The zero-order chi connectivity index (χ0) is 14.8. The molecule has 0 saturated heterocycles. The van der Waals surface area contributed by atoms with E-state index in [1.54, 1.807) is 48.5 Å². The van der Waals surface area contributed by atoms with Crippen LogP contribution in [0.4, 0.5) is 5.82 Å². The highest BCUT2D eigenvalue weighted by Gasteiger charge is 2.11. The minimum Gasteiger partial charge on any atom is -0.305 e. The highest BCUT2D eigenvalue weighted by molar-refractivity contribution is 6.32. The molecule has 0 aliphatic carbocycles. The maximum atomic E-state index is 12.0. The number of nitrogens with zero attached hydrogens (tertiary/aromatic N) is 5. The topological polar surface area (TPSA) is 77.6 Å². The molecule has 0 unspecified atom stereocenters. The van der Waals surface area contributed by atoms with Gasteiger partial charge in [-0.3, -0.25) is 9.48 Å². The molecule has 7 nitrogen and oxygen atoms in total. The number of aryl methyl sites for hydroxylation is 1. The number of pyridine rings is 1. The predicted octanol–water partition coefficient (Wildman–Crippen LogP) is 1.91. The monoisotopic (exact) mass is 302 g/mol. The Balaban J connectivity index is 1.80. The van der Waals surface area contributed by atoms with Gasteiger partial charge in [0.1, 0.15) is 0 Å². The van der Waals surface area contributed by atoms with Crippen LogP contribution in [0.15, 0.2) is 43.0 Å². The molecule has 1 amide bonds. The van der Waals surface area contributed by atoms with E-state index in [-0.39, 0.29) is 5.91 Å². The molecular formula is C13H11ClN6O. The van der Waals surface area contributed by atoms with E-state index in [1.807, 2.05) is 0 Å². The Morgan fingerprint density at radius 3 is 2.95 bits per heavy atom. The van der Waals surface area contributed by atoms with E-state index in [4.69, 9.17) is 11.6 Å². The van der Waals surface area contributed by atoms with Gasteiger partial charge in [-0.2, -0.15) is 5.10 Å². The first-order valence-corrected chi connectivity index (χ1v) is 6.48. The van der Waals surface area contributed by atoms with Gasteiger partial charge >= 0.3 is 0 Å². The summed E-state index contributed by atoms with van der Waals surface area (Å²) in [7, 11) is 1.74. The summed E-state index contributed by atoms with van der Waals surface area (Å²) in [6.45, 7) is 0. The molecule has 0 spiro atoms. The van der Waals surface area contributed by atoms with Crippen molar-refractivity contribution in [3.63, 3.8) is 0 Å². The first-order valence-electron chi connectivity index (χ1n) is 6.10. The van der Waals surface area contributed by atoms with E-state index < -0.39 is 0 Å². The highest BCUT2D eigenvalue weighted by Crippen LogP contribution is 2.17. The van der Waals surface area contributed by atoms with Crippen LogP contribution in [-0.2, 0) is 7.05 Å². The second-order valence-corrected chi connectivity index (χ2v) is 4.72. The van der Waals surface area contributed by atoms with Crippen LogP contribution in [-0.4, -0.2) is 30.5 Å². The Kier molecular flexibility index (Phi) is 3.41. The SMILES string of the molecule is Cn1cc(C(=O)Nc2ccn(-c3ncccc3Cl)n2)cn1. The normalized spacial score (nSPS) is 10.6. The number of nitrogens with one attached hydrogen (secondary N) is 1. The molecule has 21 heavy (non-hydrogen) atoms. The molecule has 0 fully saturated rings. The molecule has 0 saturated carbocycles. The van der Waals surface area contributed by atoms with Gasteiger partial charge in [0, 0.05) is 31.7 Å². The summed E-state index contributed by atoms with van der Waals surface area (Å²) in [6.07, 6.45) is 6.41. The van der Waals surface area contributed by atoms with E-state index in [0.29, 0.717) is 22.2 Å². The molecule has 8 heteroatoms. The van der Waals surface area contributed by atoms with Crippen LogP contribution in [0.2, 0.25) is 5.02 Å². The van der Waals surface area contributed by atoms with Crippen LogP contribution in [0.3, 0.4) is 0 Å². The van der Waals surface area contributed by atoms with Crippen LogP contribution in [0.25, 0.3) is 5.82 Å². The molecule has 0 aliphatic heterocycles. The average molecular weight is 303 g/mol. The van der Waals surface area contributed by atoms with Crippen LogP contribution >= 0.6 is 11.6 Å². The molecule has 3 aromatic rings. The maximum Gasteiger partial charge on any atom is 0.260 e. The Labute approximate surface area is 125 Å². The first-order chi connectivity index (χ1) is 10.1. The van der Waals surface area contributed by atoms with Crippen LogP contribution in [0.5, 0.6) is 0 Å².